The van der Waals surface area contributed by atoms with Gasteiger partial charge in [0.1, 0.15) is 11.6 Å². The monoisotopic (exact) mass is 377 g/mol. The number of carbonyl (C=O) groups excluding carboxylic acids is 1. The Hall–Kier alpha value is -1.95. The Morgan fingerprint density at radius 3 is 2.83 bits per heavy atom. The number of aromatic nitrogens is 1. The van der Waals surface area contributed by atoms with Crippen molar-refractivity contribution in [1.82, 2.24) is 10.3 Å². The summed E-state index contributed by atoms with van der Waals surface area (Å²) >= 11 is 3.27. The van der Waals surface area contributed by atoms with Crippen molar-refractivity contribution in [2.45, 2.75) is 19.4 Å². The molecular formula is C17H17BrFN3O. The quantitative estimate of drug-likeness (QED) is 0.886. The summed E-state index contributed by atoms with van der Waals surface area (Å²) in [6.07, 6.45) is 4.14. The Morgan fingerprint density at radius 1 is 1.26 bits per heavy atom. The molecule has 2 heterocycles. The minimum Gasteiger partial charge on any atom is -0.357 e. The number of hydrogen-bond acceptors (Lipinski definition) is 3. The molecule has 1 saturated heterocycles. The Balaban J connectivity index is 1.67. The molecule has 0 unspecified atom stereocenters. The molecule has 4 nitrogen and oxygen atoms in total. The van der Waals surface area contributed by atoms with E-state index in [1.807, 2.05) is 12.1 Å². The zero-order valence-corrected chi connectivity index (χ0v) is 14.1. The lowest BCUT2D eigenvalue weighted by atomic mass is 10.2. The third-order valence-corrected chi connectivity index (χ3v) is 4.56. The van der Waals surface area contributed by atoms with E-state index in [0.717, 1.165) is 24.5 Å². The first-order chi connectivity index (χ1) is 11.1. The van der Waals surface area contributed by atoms with Gasteiger partial charge in [-0.3, -0.25) is 4.79 Å². The largest absolute Gasteiger partial charge is 0.357 e. The number of anilines is 1. The van der Waals surface area contributed by atoms with Crippen molar-refractivity contribution in [3.05, 3.63) is 57.9 Å². The van der Waals surface area contributed by atoms with E-state index in [4.69, 9.17) is 0 Å². The molecule has 6 heteroatoms. The van der Waals surface area contributed by atoms with Crippen LogP contribution in [-0.2, 0) is 6.54 Å². The zero-order chi connectivity index (χ0) is 16.2. The number of amides is 1. The molecule has 1 aliphatic heterocycles. The summed E-state index contributed by atoms with van der Waals surface area (Å²) in [5.41, 5.74) is 1.27. The summed E-state index contributed by atoms with van der Waals surface area (Å²) in [5, 5.41) is 2.82. The van der Waals surface area contributed by atoms with E-state index >= 15 is 0 Å². The SMILES string of the molecule is O=C(NCc1ccnc(N2CCCC2)c1)c1cc(F)ccc1Br. The molecule has 0 spiro atoms. The number of hydrogen-bond donors (Lipinski definition) is 1. The van der Waals surface area contributed by atoms with Gasteiger partial charge in [-0.1, -0.05) is 0 Å². The maximum Gasteiger partial charge on any atom is 0.252 e. The number of nitrogens with one attached hydrogen (secondary N) is 1. The summed E-state index contributed by atoms with van der Waals surface area (Å²) in [5.74, 6) is 0.204. The summed E-state index contributed by atoms with van der Waals surface area (Å²) < 4.78 is 13.9. The fourth-order valence-electron chi connectivity index (χ4n) is 2.64. The van der Waals surface area contributed by atoms with Gasteiger partial charge >= 0.3 is 0 Å². The average molecular weight is 378 g/mol. The van der Waals surface area contributed by atoms with E-state index < -0.39 is 5.82 Å². The molecule has 1 amide bonds. The maximum atomic E-state index is 13.3. The van der Waals surface area contributed by atoms with Gasteiger partial charge in [0.2, 0.25) is 0 Å². The lowest BCUT2D eigenvalue weighted by Gasteiger charge is -2.17. The van der Waals surface area contributed by atoms with Gasteiger partial charge in [0, 0.05) is 30.3 Å². The zero-order valence-electron chi connectivity index (χ0n) is 12.6. The second kappa shape index (κ2) is 7.08. The number of carbonyl (C=O) groups is 1. The van der Waals surface area contributed by atoms with E-state index in [-0.39, 0.29) is 5.91 Å². The van der Waals surface area contributed by atoms with Gasteiger partial charge in [-0.05, 0) is 64.7 Å². The minimum atomic E-state index is -0.432. The standard InChI is InChI=1S/C17H17BrFN3O/c18-15-4-3-13(19)10-14(15)17(23)21-11-12-5-6-20-16(9-12)22-7-1-2-8-22/h3-6,9-10H,1-2,7-8,11H2,(H,21,23). The lowest BCUT2D eigenvalue weighted by molar-refractivity contribution is 0.0949. The highest BCUT2D eigenvalue weighted by Crippen LogP contribution is 2.20. The normalized spacial score (nSPS) is 14.1. The van der Waals surface area contributed by atoms with Crippen LogP contribution in [0.25, 0.3) is 0 Å². The smallest absolute Gasteiger partial charge is 0.252 e. The number of halogens is 2. The van der Waals surface area contributed by atoms with Gasteiger partial charge in [0.05, 0.1) is 5.56 Å². The van der Waals surface area contributed by atoms with Crippen molar-refractivity contribution in [3.8, 4) is 0 Å². The van der Waals surface area contributed by atoms with Crippen LogP contribution in [0.15, 0.2) is 41.0 Å². The molecule has 1 N–H and O–H groups in total. The van der Waals surface area contributed by atoms with Gasteiger partial charge in [-0.2, -0.15) is 0 Å². The molecule has 1 aliphatic rings. The van der Waals surface area contributed by atoms with Gasteiger partial charge in [0.15, 0.2) is 0 Å². The van der Waals surface area contributed by atoms with E-state index in [0.29, 0.717) is 16.6 Å². The highest BCUT2D eigenvalue weighted by Gasteiger charge is 2.14. The Morgan fingerprint density at radius 2 is 2.04 bits per heavy atom. The summed E-state index contributed by atoms with van der Waals surface area (Å²) in [6, 6.07) is 7.93. The summed E-state index contributed by atoms with van der Waals surface area (Å²) in [4.78, 5) is 18.8. The molecule has 0 bridgehead atoms. The molecular weight excluding hydrogens is 361 g/mol. The first-order valence-corrected chi connectivity index (χ1v) is 8.36. The molecule has 1 aromatic heterocycles. The van der Waals surface area contributed by atoms with Crippen LogP contribution in [0.5, 0.6) is 0 Å². The third kappa shape index (κ3) is 3.88. The van der Waals surface area contributed by atoms with Crippen LogP contribution in [0.3, 0.4) is 0 Å². The summed E-state index contributed by atoms with van der Waals surface area (Å²) in [7, 11) is 0. The average Bonchev–Trinajstić information content (AvgIpc) is 3.10. The van der Waals surface area contributed by atoms with Gasteiger partial charge in [-0.15, -0.1) is 0 Å². The van der Waals surface area contributed by atoms with E-state index in [1.54, 1.807) is 6.20 Å². The molecule has 0 radical (unpaired) electrons. The topological polar surface area (TPSA) is 45.2 Å². The summed E-state index contributed by atoms with van der Waals surface area (Å²) in [6.45, 7) is 2.43. The van der Waals surface area contributed by atoms with Crippen LogP contribution in [-0.4, -0.2) is 24.0 Å². The fourth-order valence-corrected chi connectivity index (χ4v) is 3.07. The van der Waals surface area contributed by atoms with Gasteiger partial charge < -0.3 is 10.2 Å². The van der Waals surface area contributed by atoms with Crippen LogP contribution in [0.2, 0.25) is 0 Å². The Kier molecular flexibility index (Phi) is 4.91. The van der Waals surface area contributed by atoms with Crippen LogP contribution in [0.1, 0.15) is 28.8 Å². The number of pyridine rings is 1. The van der Waals surface area contributed by atoms with Crippen molar-refractivity contribution in [2.75, 3.05) is 18.0 Å². The Labute approximate surface area is 142 Å². The molecule has 3 rings (SSSR count). The van der Waals surface area contributed by atoms with Crippen molar-refractivity contribution < 1.29 is 9.18 Å². The molecule has 0 saturated carbocycles. The second-order valence-corrected chi connectivity index (χ2v) is 6.38. The second-order valence-electron chi connectivity index (χ2n) is 5.52. The molecule has 2 aromatic rings. The van der Waals surface area contributed by atoms with Crippen LogP contribution in [0.4, 0.5) is 10.2 Å². The fraction of sp³-hybridized carbons (Fsp3) is 0.294. The van der Waals surface area contributed by atoms with E-state index in [2.05, 4.69) is 31.1 Å². The third-order valence-electron chi connectivity index (χ3n) is 3.87. The maximum absolute atomic E-state index is 13.3. The predicted molar refractivity (Wildman–Crippen MR) is 91.0 cm³/mol. The highest BCUT2D eigenvalue weighted by atomic mass is 79.9. The first kappa shape index (κ1) is 15.9. The van der Waals surface area contributed by atoms with Crippen molar-refractivity contribution in [1.29, 1.82) is 0 Å². The Bertz CT molecular complexity index is 717. The molecule has 0 atom stereocenters. The number of rotatable bonds is 4. The van der Waals surface area contributed by atoms with Crippen molar-refractivity contribution in [2.24, 2.45) is 0 Å². The van der Waals surface area contributed by atoms with Crippen LogP contribution >= 0.6 is 15.9 Å². The van der Waals surface area contributed by atoms with E-state index in [1.165, 1.54) is 31.0 Å². The predicted octanol–water partition coefficient (Wildman–Crippen LogP) is 3.51. The lowest BCUT2D eigenvalue weighted by Crippen LogP contribution is -2.24. The highest BCUT2D eigenvalue weighted by molar-refractivity contribution is 9.10. The van der Waals surface area contributed by atoms with Crippen molar-refractivity contribution in [3.63, 3.8) is 0 Å². The van der Waals surface area contributed by atoms with Crippen molar-refractivity contribution >= 4 is 27.7 Å². The molecule has 1 aromatic carbocycles. The van der Waals surface area contributed by atoms with E-state index in [9.17, 15) is 9.18 Å². The van der Waals surface area contributed by atoms with Crippen LogP contribution < -0.4 is 10.2 Å². The molecule has 0 aliphatic carbocycles. The number of benzene rings is 1. The van der Waals surface area contributed by atoms with Crippen LogP contribution in [0, 0.1) is 5.82 Å². The van der Waals surface area contributed by atoms with Gasteiger partial charge in [0.25, 0.3) is 5.91 Å². The first-order valence-electron chi connectivity index (χ1n) is 7.56. The minimum absolute atomic E-state index is 0.291. The van der Waals surface area contributed by atoms with Gasteiger partial charge in [-0.25, -0.2) is 9.37 Å². The number of nitrogens with zero attached hydrogens (tertiary/aromatic N) is 2. The molecule has 23 heavy (non-hydrogen) atoms. The molecule has 120 valence electrons. The molecule has 1 fully saturated rings.